The van der Waals surface area contributed by atoms with Crippen molar-refractivity contribution >= 4 is 17.2 Å². The van der Waals surface area contributed by atoms with Gasteiger partial charge >= 0.3 is 0 Å². The van der Waals surface area contributed by atoms with Crippen LogP contribution in [0.25, 0.3) is 11.0 Å². The molecule has 0 spiro atoms. The van der Waals surface area contributed by atoms with E-state index in [9.17, 15) is 0 Å². The van der Waals surface area contributed by atoms with E-state index in [0.717, 1.165) is 28.1 Å². The van der Waals surface area contributed by atoms with E-state index >= 15 is 0 Å². The van der Waals surface area contributed by atoms with Crippen molar-refractivity contribution in [1.82, 2.24) is 9.66 Å². The van der Waals surface area contributed by atoms with Gasteiger partial charge < -0.3 is 4.74 Å². The summed E-state index contributed by atoms with van der Waals surface area (Å²) in [6, 6.07) is 25.4. The fraction of sp³-hybridized carbons (Fsp3) is 0. The largest absolute Gasteiger partial charge is 0.457 e. The number of imidazole rings is 1. The second-order valence-corrected chi connectivity index (χ2v) is 5.31. The van der Waals surface area contributed by atoms with E-state index in [4.69, 9.17) is 4.74 Å². The quantitative estimate of drug-likeness (QED) is 0.512. The highest BCUT2D eigenvalue weighted by molar-refractivity contribution is 5.81. The van der Waals surface area contributed by atoms with Crippen LogP contribution in [-0.4, -0.2) is 15.9 Å². The second-order valence-electron chi connectivity index (χ2n) is 5.31. The molecule has 0 aliphatic rings. The van der Waals surface area contributed by atoms with Gasteiger partial charge in [-0.15, -0.1) is 0 Å². The van der Waals surface area contributed by atoms with Gasteiger partial charge in [-0.3, -0.25) is 0 Å². The van der Waals surface area contributed by atoms with Crippen LogP contribution in [0.1, 0.15) is 5.56 Å². The molecule has 4 heteroatoms. The molecule has 0 atom stereocenters. The Hall–Kier alpha value is -3.40. The smallest absolute Gasteiger partial charge is 0.128 e. The van der Waals surface area contributed by atoms with Gasteiger partial charge in [0.1, 0.15) is 17.8 Å². The minimum Gasteiger partial charge on any atom is -0.457 e. The molecule has 0 unspecified atom stereocenters. The normalized spacial score (nSPS) is 11.2. The van der Waals surface area contributed by atoms with E-state index in [1.807, 2.05) is 78.9 Å². The SMILES string of the molecule is C(=N/n1cnc2ccccc21)/c1cccc(Oc2ccccc2)c1. The molecule has 24 heavy (non-hydrogen) atoms. The zero-order chi connectivity index (χ0) is 16.2. The summed E-state index contributed by atoms with van der Waals surface area (Å²) >= 11 is 0. The summed E-state index contributed by atoms with van der Waals surface area (Å²) < 4.78 is 7.61. The Morgan fingerprint density at radius 1 is 0.833 bits per heavy atom. The van der Waals surface area contributed by atoms with Crippen molar-refractivity contribution in [3.8, 4) is 11.5 Å². The van der Waals surface area contributed by atoms with E-state index < -0.39 is 0 Å². The summed E-state index contributed by atoms with van der Waals surface area (Å²) in [6.45, 7) is 0. The van der Waals surface area contributed by atoms with E-state index in [-0.39, 0.29) is 0 Å². The maximum atomic E-state index is 5.85. The third-order valence-electron chi connectivity index (χ3n) is 3.60. The van der Waals surface area contributed by atoms with Gasteiger partial charge in [-0.1, -0.05) is 42.5 Å². The van der Waals surface area contributed by atoms with Gasteiger partial charge in [-0.2, -0.15) is 5.10 Å². The van der Waals surface area contributed by atoms with Crippen molar-refractivity contribution < 1.29 is 4.74 Å². The number of hydrogen-bond donors (Lipinski definition) is 0. The van der Waals surface area contributed by atoms with E-state index in [0.29, 0.717) is 0 Å². The van der Waals surface area contributed by atoms with Crippen molar-refractivity contribution in [2.24, 2.45) is 5.10 Å². The summed E-state index contributed by atoms with van der Waals surface area (Å²) in [5.74, 6) is 1.59. The lowest BCUT2D eigenvalue weighted by Gasteiger charge is -2.05. The Morgan fingerprint density at radius 2 is 1.62 bits per heavy atom. The lowest BCUT2D eigenvalue weighted by molar-refractivity contribution is 0.482. The summed E-state index contributed by atoms with van der Waals surface area (Å²) in [5.41, 5.74) is 2.86. The van der Waals surface area contributed by atoms with E-state index in [2.05, 4.69) is 10.1 Å². The second kappa shape index (κ2) is 6.38. The van der Waals surface area contributed by atoms with Crippen LogP contribution >= 0.6 is 0 Å². The van der Waals surface area contributed by atoms with Crippen LogP contribution < -0.4 is 4.74 Å². The average molecular weight is 313 g/mol. The highest BCUT2D eigenvalue weighted by Gasteiger charge is 2.00. The van der Waals surface area contributed by atoms with E-state index in [1.165, 1.54) is 0 Å². The first kappa shape index (κ1) is 14.2. The molecule has 0 aliphatic heterocycles. The first-order valence-electron chi connectivity index (χ1n) is 7.68. The molecule has 1 heterocycles. The van der Waals surface area contributed by atoms with E-state index in [1.54, 1.807) is 17.2 Å². The Kier molecular flexibility index (Phi) is 3.78. The zero-order valence-corrected chi connectivity index (χ0v) is 12.9. The molecule has 1 aromatic heterocycles. The molecule has 3 aromatic carbocycles. The van der Waals surface area contributed by atoms with Gasteiger partial charge in [0.05, 0.1) is 17.2 Å². The molecule has 0 radical (unpaired) electrons. The van der Waals surface area contributed by atoms with Crippen molar-refractivity contribution in [3.63, 3.8) is 0 Å². The number of para-hydroxylation sites is 3. The van der Waals surface area contributed by atoms with Gasteiger partial charge in [0.25, 0.3) is 0 Å². The lowest BCUT2D eigenvalue weighted by Crippen LogP contribution is -1.90. The summed E-state index contributed by atoms with van der Waals surface area (Å²) in [6.07, 6.45) is 3.51. The third-order valence-corrected chi connectivity index (χ3v) is 3.60. The Bertz CT molecular complexity index is 990. The van der Waals surface area contributed by atoms with Crippen molar-refractivity contribution in [2.45, 2.75) is 0 Å². The molecule has 0 saturated heterocycles. The standard InChI is InChI=1S/C20H15N3O/c1-2-8-17(9-3-1)24-18-10-6-7-16(13-18)14-22-23-15-21-19-11-4-5-12-20(19)23/h1-15H/b22-14-. The number of ether oxygens (including phenoxy) is 1. The summed E-state index contributed by atoms with van der Waals surface area (Å²) in [7, 11) is 0. The van der Waals surface area contributed by atoms with Crippen LogP contribution in [-0.2, 0) is 0 Å². The molecule has 116 valence electrons. The predicted octanol–water partition coefficient (Wildman–Crippen LogP) is 4.71. The molecule has 0 fully saturated rings. The molecule has 0 saturated carbocycles. The van der Waals surface area contributed by atoms with Crippen LogP contribution in [0.5, 0.6) is 11.5 Å². The Morgan fingerprint density at radius 3 is 2.54 bits per heavy atom. The molecule has 0 bridgehead atoms. The number of benzene rings is 3. The monoisotopic (exact) mass is 313 g/mol. The fourth-order valence-electron chi connectivity index (χ4n) is 2.45. The van der Waals surface area contributed by atoms with Crippen LogP contribution in [0.2, 0.25) is 0 Å². The molecule has 0 aliphatic carbocycles. The fourth-order valence-corrected chi connectivity index (χ4v) is 2.45. The maximum Gasteiger partial charge on any atom is 0.128 e. The summed E-state index contributed by atoms with van der Waals surface area (Å²) in [4.78, 5) is 4.33. The van der Waals surface area contributed by atoms with Crippen LogP contribution in [0.15, 0.2) is 90.3 Å². The van der Waals surface area contributed by atoms with Gasteiger partial charge in [0.2, 0.25) is 0 Å². The minimum atomic E-state index is 0.778. The highest BCUT2D eigenvalue weighted by Crippen LogP contribution is 2.21. The van der Waals surface area contributed by atoms with Gasteiger partial charge in [0.15, 0.2) is 0 Å². The molecular weight excluding hydrogens is 298 g/mol. The molecule has 4 aromatic rings. The first-order chi connectivity index (χ1) is 11.9. The van der Waals surface area contributed by atoms with Gasteiger partial charge in [0, 0.05) is 0 Å². The number of nitrogens with zero attached hydrogens (tertiary/aromatic N) is 3. The number of hydrogen-bond acceptors (Lipinski definition) is 3. The number of fused-ring (bicyclic) bond motifs is 1. The van der Waals surface area contributed by atoms with Gasteiger partial charge in [-0.05, 0) is 42.0 Å². The average Bonchev–Trinajstić information content (AvgIpc) is 3.04. The van der Waals surface area contributed by atoms with Crippen LogP contribution in [0, 0.1) is 0 Å². The molecule has 4 rings (SSSR count). The molecule has 4 nitrogen and oxygen atoms in total. The van der Waals surface area contributed by atoms with Crippen molar-refractivity contribution in [1.29, 1.82) is 0 Å². The highest BCUT2D eigenvalue weighted by atomic mass is 16.5. The molecule has 0 amide bonds. The number of rotatable bonds is 4. The molecular formula is C20H15N3O. The first-order valence-corrected chi connectivity index (χ1v) is 7.68. The van der Waals surface area contributed by atoms with Crippen molar-refractivity contribution in [2.75, 3.05) is 0 Å². The van der Waals surface area contributed by atoms with Crippen LogP contribution in [0.4, 0.5) is 0 Å². The lowest BCUT2D eigenvalue weighted by atomic mass is 10.2. The maximum absolute atomic E-state index is 5.85. The Balaban J connectivity index is 1.57. The molecule has 0 N–H and O–H groups in total. The summed E-state index contributed by atoms with van der Waals surface area (Å²) in [5, 5.41) is 4.49. The topological polar surface area (TPSA) is 39.4 Å². The zero-order valence-electron chi connectivity index (χ0n) is 12.9. The van der Waals surface area contributed by atoms with Gasteiger partial charge in [-0.25, -0.2) is 9.66 Å². The number of aromatic nitrogens is 2. The third kappa shape index (κ3) is 3.03. The van der Waals surface area contributed by atoms with Crippen molar-refractivity contribution in [3.05, 3.63) is 90.8 Å². The predicted molar refractivity (Wildman–Crippen MR) is 95.7 cm³/mol. The minimum absolute atomic E-state index is 0.778. The van der Waals surface area contributed by atoms with Crippen LogP contribution in [0.3, 0.4) is 0 Å². The Labute approximate surface area is 139 Å².